The van der Waals surface area contributed by atoms with E-state index in [0.717, 1.165) is 48.9 Å². The number of carbonyl (C=O) groups excluding carboxylic acids is 1. The van der Waals surface area contributed by atoms with Crippen LogP contribution in [0.4, 0.5) is 0 Å². The quantitative estimate of drug-likeness (QED) is 0.251. The van der Waals surface area contributed by atoms with Gasteiger partial charge in [0.15, 0.2) is 11.5 Å². The Morgan fingerprint density at radius 3 is 2.33 bits per heavy atom. The van der Waals surface area contributed by atoms with Crippen LogP contribution >= 0.6 is 0 Å². The van der Waals surface area contributed by atoms with Crippen molar-refractivity contribution >= 4 is 11.9 Å². The number of amides is 1. The number of hydrogen-bond donors (Lipinski definition) is 3. The van der Waals surface area contributed by atoms with Gasteiger partial charge in [-0.25, -0.2) is 0 Å². The van der Waals surface area contributed by atoms with Gasteiger partial charge in [-0.1, -0.05) is 37.6 Å². The van der Waals surface area contributed by atoms with Gasteiger partial charge in [-0.15, -0.1) is 0 Å². The number of carboxylic acids is 1. The third kappa shape index (κ3) is 8.06. The van der Waals surface area contributed by atoms with Crippen molar-refractivity contribution in [1.29, 1.82) is 0 Å². The van der Waals surface area contributed by atoms with Crippen LogP contribution in [0.25, 0.3) is 0 Å². The van der Waals surface area contributed by atoms with Crippen LogP contribution in [-0.4, -0.2) is 102 Å². The average Bonchev–Trinajstić information content (AvgIpc) is 3.61. The number of aliphatic hydroxyl groups is 2. The molecule has 10 heteroatoms. The molecule has 2 aromatic rings. The van der Waals surface area contributed by atoms with E-state index >= 15 is 0 Å². The zero-order valence-electron chi connectivity index (χ0n) is 25.7. The number of fused-ring (bicyclic) bond motifs is 1. The Hall–Kier alpha value is -3.18. The number of carbonyl (C=O) groups is 2. The number of benzene rings is 2. The Kier molecular flexibility index (Phi) is 11.8. The van der Waals surface area contributed by atoms with Crippen molar-refractivity contribution in [1.82, 2.24) is 14.7 Å². The molecule has 10 nitrogen and oxygen atoms in total. The van der Waals surface area contributed by atoms with E-state index in [1.54, 1.807) is 6.07 Å². The van der Waals surface area contributed by atoms with Crippen LogP contribution in [0.1, 0.15) is 60.8 Å². The number of nitrogens with zero attached hydrogens (tertiary/aromatic N) is 3. The Bertz CT molecular complexity index is 1240. The van der Waals surface area contributed by atoms with E-state index in [0.29, 0.717) is 43.1 Å². The fourth-order valence-electron chi connectivity index (χ4n) is 6.37. The summed E-state index contributed by atoms with van der Waals surface area (Å²) in [6.07, 6.45) is 4.17. The van der Waals surface area contributed by atoms with Gasteiger partial charge in [0.25, 0.3) is 0 Å². The maximum absolute atomic E-state index is 13.8. The summed E-state index contributed by atoms with van der Waals surface area (Å²) in [6, 6.07) is 10.6. The van der Waals surface area contributed by atoms with Gasteiger partial charge in [0.1, 0.15) is 0 Å². The van der Waals surface area contributed by atoms with E-state index in [-0.39, 0.29) is 32.5 Å². The zero-order chi connectivity index (χ0) is 30.9. The van der Waals surface area contributed by atoms with E-state index in [9.17, 15) is 24.9 Å². The standard InChI is InChI=1S/C33H47N3O7/c1-4-5-13-35(14-9-8-12-34(2)3)30(39)19-36-18-27(25-15-26(21-38)32-29(17-25)42-22-43-32)31(33(40)41)28(36)16-23-10-6-7-11-24(23)20-37/h6-7,10-11,15,17,27-28,31,37-38H,4-5,8-9,12-14,16,18-22H2,1-3H3,(H,40,41)/t27-,28+,31-/m1/s1. The molecule has 0 bridgehead atoms. The summed E-state index contributed by atoms with van der Waals surface area (Å²) in [6.45, 7) is 4.52. The summed E-state index contributed by atoms with van der Waals surface area (Å²) in [5.41, 5.74) is 2.90. The highest BCUT2D eigenvalue weighted by Crippen LogP contribution is 2.44. The summed E-state index contributed by atoms with van der Waals surface area (Å²) >= 11 is 0. The first-order valence-corrected chi connectivity index (χ1v) is 15.4. The SMILES string of the molecule is CCCCN(CCCCN(C)C)C(=O)CN1C[C@H](c2cc(CO)c3c(c2)OCO3)[C@@H](C(=O)O)[C@@H]1Cc1ccccc1CO. The zero-order valence-corrected chi connectivity index (χ0v) is 25.7. The minimum Gasteiger partial charge on any atom is -0.481 e. The third-order valence-electron chi connectivity index (χ3n) is 8.68. The molecule has 1 saturated heterocycles. The largest absolute Gasteiger partial charge is 0.481 e. The third-order valence-corrected chi connectivity index (χ3v) is 8.68. The number of unbranched alkanes of at least 4 members (excludes halogenated alkanes) is 2. The second-order valence-electron chi connectivity index (χ2n) is 11.9. The molecule has 0 aliphatic carbocycles. The highest BCUT2D eigenvalue weighted by Gasteiger charge is 2.47. The van der Waals surface area contributed by atoms with Crippen molar-refractivity contribution in [2.24, 2.45) is 5.92 Å². The van der Waals surface area contributed by atoms with E-state index in [1.165, 1.54) is 0 Å². The molecule has 4 rings (SSSR count). The Morgan fingerprint density at radius 2 is 1.65 bits per heavy atom. The van der Waals surface area contributed by atoms with Gasteiger partial charge >= 0.3 is 5.97 Å². The molecule has 1 amide bonds. The Morgan fingerprint density at radius 1 is 0.953 bits per heavy atom. The monoisotopic (exact) mass is 597 g/mol. The fraction of sp³-hybridized carbons (Fsp3) is 0.576. The Balaban J connectivity index is 1.65. The van der Waals surface area contributed by atoms with Gasteiger partial charge in [0.2, 0.25) is 12.7 Å². The first-order valence-electron chi connectivity index (χ1n) is 15.4. The number of aliphatic hydroxyl groups excluding tert-OH is 2. The molecular weight excluding hydrogens is 550 g/mol. The van der Waals surface area contributed by atoms with Crippen LogP contribution in [0, 0.1) is 5.92 Å². The molecule has 3 N–H and O–H groups in total. The number of aliphatic carboxylic acids is 1. The normalized spacial score (nSPS) is 19.7. The molecule has 2 aliphatic rings. The first-order chi connectivity index (χ1) is 20.8. The van der Waals surface area contributed by atoms with Gasteiger partial charge < -0.3 is 34.6 Å². The van der Waals surface area contributed by atoms with Crippen LogP contribution in [-0.2, 0) is 29.2 Å². The second kappa shape index (κ2) is 15.5. The van der Waals surface area contributed by atoms with Crippen molar-refractivity contribution in [3.05, 3.63) is 58.7 Å². The molecule has 0 saturated carbocycles. The summed E-state index contributed by atoms with van der Waals surface area (Å²) in [7, 11) is 4.09. The smallest absolute Gasteiger partial charge is 0.308 e. The molecular formula is C33H47N3O7. The van der Waals surface area contributed by atoms with Gasteiger partial charge in [-0.05, 0) is 75.1 Å². The lowest BCUT2D eigenvalue weighted by atomic mass is 9.82. The molecule has 0 aromatic heterocycles. The number of ether oxygens (including phenoxy) is 2. The van der Waals surface area contributed by atoms with Crippen molar-refractivity contribution in [2.75, 3.05) is 53.6 Å². The van der Waals surface area contributed by atoms with Gasteiger partial charge in [0.05, 0.1) is 25.7 Å². The summed E-state index contributed by atoms with van der Waals surface area (Å²) in [4.78, 5) is 32.9. The molecule has 0 unspecified atom stereocenters. The van der Waals surface area contributed by atoms with Gasteiger partial charge in [-0.2, -0.15) is 0 Å². The summed E-state index contributed by atoms with van der Waals surface area (Å²) < 4.78 is 11.2. The minimum atomic E-state index is -0.943. The molecule has 1 fully saturated rings. The predicted octanol–water partition coefficient (Wildman–Crippen LogP) is 3.08. The topological polar surface area (TPSA) is 123 Å². The molecule has 236 valence electrons. The number of carboxylic acid groups (broad SMARTS) is 1. The molecule has 3 atom stereocenters. The average molecular weight is 598 g/mol. The van der Waals surface area contributed by atoms with Crippen molar-refractivity contribution < 1.29 is 34.4 Å². The fourth-order valence-corrected chi connectivity index (χ4v) is 6.37. The summed E-state index contributed by atoms with van der Waals surface area (Å²) in [5, 5.41) is 30.7. The van der Waals surface area contributed by atoms with Crippen LogP contribution < -0.4 is 9.47 Å². The number of rotatable bonds is 16. The molecule has 2 aliphatic heterocycles. The summed E-state index contributed by atoms with van der Waals surface area (Å²) in [5.74, 6) is -1.23. The van der Waals surface area contributed by atoms with Crippen LogP contribution in [0.15, 0.2) is 36.4 Å². The van der Waals surface area contributed by atoms with Crippen LogP contribution in [0.2, 0.25) is 0 Å². The Labute approximate surface area is 254 Å². The molecule has 2 aromatic carbocycles. The van der Waals surface area contributed by atoms with Crippen LogP contribution in [0.5, 0.6) is 11.5 Å². The number of hydrogen-bond acceptors (Lipinski definition) is 8. The number of likely N-dealkylation sites (tertiary alicyclic amines) is 1. The van der Waals surface area contributed by atoms with Gasteiger partial charge in [0, 0.05) is 37.2 Å². The highest BCUT2D eigenvalue weighted by molar-refractivity contribution is 5.79. The lowest BCUT2D eigenvalue weighted by molar-refractivity contribution is -0.143. The van der Waals surface area contributed by atoms with Gasteiger partial charge in [-0.3, -0.25) is 14.5 Å². The minimum absolute atomic E-state index is 0.00488. The molecule has 43 heavy (non-hydrogen) atoms. The molecule has 0 spiro atoms. The van der Waals surface area contributed by atoms with E-state index in [1.807, 2.05) is 54.2 Å². The predicted molar refractivity (Wildman–Crippen MR) is 163 cm³/mol. The second-order valence-corrected chi connectivity index (χ2v) is 11.9. The lowest BCUT2D eigenvalue weighted by Gasteiger charge is -2.30. The van der Waals surface area contributed by atoms with E-state index in [4.69, 9.17) is 9.47 Å². The highest BCUT2D eigenvalue weighted by atomic mass is 16.7. The van der Waals surface area contributed by atoms with Crippen molar-refractivity contribution in [3.63, 3.8) is 0 Å². The molecule has 2 heterocycles. The lowest BCUT2D eigenvalue weighted by Crippen LogP contribution is -2.45. The maximum atomic E-state index is 13.8. The molecule has 0 radical (unpaired) electrons. The van der Waals surface area contributed by atoms with E-state index < -0.39 is 23.8 Å². The maximum Gasteiger partial charge on any atom is 0.308 e. The van der Waals surface area contributed by atoms with E-state index in [2.05, 4.69) is 11.8 Å². The van der Waals surface area contributed by atoms with Crippen LogP contribution in [0.3, 0.4) is 0 Å². The van der Waals surface area contributed by atoms with Crippen molar-refractivity contribution in [3.8, 4) is 11.5 Å². The first kappa shape index (κ1) is 32.7. The van der Waals surface area contributed by atoms with Crippen molar-refractivity contribution in [2.45, 2.75) is 64.2 Å².